The van der Waals surface area contributed by atoms with E-state index in [-0.39, 0.29) is 18.9 Å². The summed E-state index contributed by atoms with van der Waals surface area (Å²) < 4.78 is 12.8. The van der Waals surface area contributed by atoms with E-state index in [4.69, 9.17) is 5.11 Å². The van der Waals surface area contributed by atoms with Crippen LogP contribution in [0, 0.1) is 5.82 Å². The van der Waals surface area contributed by atoms with Crippen molar-refractivity contribution in [2.75, 3.05) is 13.1 Å². The molecule has 1 unspecified atom stereocenters. The van der Waals surface area contributed by atoms with Crippen molar-refractivity contribution in [3.8, 4) is 0 Å². The fourth-order valence-corrected chi connectivity index (χ4v) is 1.83. The first kappa shape index (κ1) is 11.6. The monoisotopic (exact) mass is 237 g/mol. The Balaban J connectivity index is 2.22. The average Bonchev–Trinajstić information content (AvgIpc) is 2.30. The summed E-state index contributed by atoms with van der Waals surface area (Å²) in [7, 11) is 0. The third kappa shape index (κ3) is 2.45. The smallest absolute Gasteiger partial charge is 0.407 e. The molecule has 2 rings (SSSR count). The number of benzene rings is 1. The van der Waals surface area contributed by atoms with Crippen LogP contribution in [0.5, 0.6) is 0 Å². The Hall–Kier alpha value is -1.88. The first-order valence-electron chi connectivity index (χ1n) is 5.20. The Bertz CT molecular complexity index is 455. The molecule has 1 heterocycles. The minimum absolute atomic E-state index is 0.0402. The molecule has 0 radical (unpaired) electrons. The number of aliphatic hydroxyl groups excluding tert-OH is 1. The number of nitrogens with zero attached hydrogens (tertiary/aromatic N) is 1. The molecule has 1 aromatic rings. The molecule has 4 nitrogen and oxygen atoms in total. The van der Waals surface area contributed by atoms with Crippen LogP contribution in [-0.4, -0.2) is 40.4 Å². The Labute approximate surface area is 97.6 Å². The van der Waals surface area contributed by atoms with Crippen LogP contribution in [0.1, 0.15) is 5.56 Å². The Kier molecular flexibility index (Phi) is 3.10. The number of carbonyl (C=O) groups is 1. The van der Waals surface area contributed by atoms with Crippen LogP contribution in [0.4, 0.5) is 9.18 Å². The van der Waals surface area contributed by atoms with Crippen LogP contribution in [0.15, 0.2) is 30.3 Å². The second-order valence-corrected chi connectivity index (χ2v) is 3.87. The van der Waals surface area contributed by atoms with Crippen molar-refractivity contribution in [3.05, 3.63) is 41.7 Å². The van der Waals surface area contributed by atoms with E-state index in [0.29, 0.717) is 11.1 Å². The molecule has 2 N–H and O–H groups in total. The van der Waals surface area contributed by atoms with E-state index in [1.165, 1.54) is 12.1 Å². The third-order valence-corrected chi connectivity index (χ3v) is 2.73. The van der Waals surface area contributed by atoms with Crippen molar-refractivity contribution in [1.82, 2.24) is 4.90 Å². The highest BCUT2D eigenvalue weighted by Gasteiger charge is 2.24. The maximum absolute atomic E-state index is 12.8. The van der Waals surface area contributed by atoms with Gasteiger partial charge in [-0.15, -0.1) is 0 Å². The number of aliphatic hydroxyl groups is 1. The van der Waals surface area contributed by atoms with Crippen molar-refractivity contribution in [2.24, 2.45) is 0 Å². The van der Waals surface area contributed by atoms with Gasteiger partial charge in [0.15, 0.2) is 0 Å². The zero-order valence-electron chi connectivity index (χ0n) is 9.01. The van der Waals surface area contributed by atoms with Crippen LogP contribution in [0.25, 0.3) is 5.57 Å². The van der Waals surface area contributed by atoms with Gasteiger partial charge in [-0.25, -0.2) is 9.18 Å². The minimum atomic E-state index is -1.06. The summed E-state index contributed by atoms with van der Waals surface area (Å²) in [6.45, 7) is 0.275. The molecular weight excluding hydrogens is 225 g/mol. The average molecular weight is 237 g/mol. The van der Waals surface area contributed by atoms with Gasteiger partial charge >= 0.3 is 6.09 Å². The molecule has 0 saturated heterocycles. The predicted octanol–water partition coefficient (Wildman–Crippen LogP) is 1.56. The summed E-state index contributed by atoms with van der Waals surface area (Å²) in [5.41, 5.74) is 1.35. The quantitative estimate of drug-likeness (QED) is 0.779. The molecule has 0 saturated carbocycles. The molecule has 0 aromatic heterocycles. The molecule has 17 heavy (non-hydrogen) atoms. The number of hydrogen-bond acceptors (Lipinski definition) is 2. The van der Waals surface area contributed by atoms with Crippen LogP contribution in [0.3, 0.4) is 0 Å². The van der Waals surface area contributed by atoms with E-state index >= 15 is 0 Å². The van der Waals surface area contributed by atoms with Crippen molar-refractivity contribution in [2.45, 2.75) is 6.10 Å². The zero-order chi connectivity index (χ0) is 12.4. The second-order valence-electron chi connectivity index (χ2n) is 3.87. The van der Waals surface area contributed by atoms with Crippen molar-refractivity contribution in [1.29, 1.82) is 0 Å². The molecule has 5 heteroatoms. The molecule has 1 amide bonds. The summed E-state index contributed by atoms with van der Waals surface area (Å²) in [4.78, 5) is 11.8. The topological polar surface area (TPSA) is 60.8 Å². The number of rotatable bonds is 1. The molecule has 0 bridgehead atoms. The van der Waals surface area contributed by atoms with Crippen molar-refractivity contribution in [3.63, 3.8) is 0 Å². The lowest BCUT2D eigenvalue weighted by molar-refractivity contribution is 0.118. The molecule has 0 aliphatic carbocycles. The van der Waals surface area contributed by atoms with E-state index in [9.17, 15) is 14.3 Å². The van der Waals surface area contributed by atoms with E-state index in [1.54, 1.807) is 18.2 Å². The predicted molar refractivity (Wildman–Crippen MR) is 60.0 cm³/mol. The van der Waals surface area contributed by atoms with E-state index in [2.05, 4.69) is 0 Å². The van der Waals surface area contributed by atoms with Crippen LogP contribution in [0.2, 0.25) is 0 Å². The molecule has 1 aliphatic heterocycles. The number of β-amino-alcohol motifs (C(OH)–C–C–N with tert-alkyl or cyclic N) is 1. The maximum Gasteiger partial charge on any atom is 0.407 e. The third-order valence-electron chi connectivity index (χ3n) is 2.73. The molecule has 90 valence electrons. The molecular formula is C12H12FNO3. The van der Waals surface area contributed by atoms with E-state index in [0.717, 1.165) is 4.90 Å². The van der Waals surface area contributed by atoms with E-state index in [1.807, 2.05) is 0 Å². The number of halogens is 1. The molecule has 0 fully saturated rings. The van der Waals surface area contributed by atoms with Gasteiger partial charge in [-0.05, 0) is 23.3 Å². The Morgan fingerprint density at radius 2 is 2.00 bits per heavy atom. The summed E-state index contributed by atoms with van der Waals surface area (Å²) >= 11 is 0. The fraction of sp³-hybridized carbons (Fsp3) is 0.250. The second kappa shape index (κ2) is 4.55. The molecule has 1 aliphatic rings. The number of amides is 1. The van der Waals surface area contributed by atoms with Gasteiger partial charge in [0.05, 0.1) is 12.6 Å². The van der Waals surface area contributed by atoms with Crippen LogP contribution < -0.4 is 0 Å². The van der Waals surface area contributed by atoms with Gasteiger partial charge in [-0.3, -0.25) is 0 Å². The highest BCUT2D eigenvalue weighted by atomic mass is 19.1. The van der Waals surface area contributed by atoms with Gasteiger partial charge in [0.25, 0.3) is 0 Å². The fourth-order valence-electron chi connectivity index (χ4n) is 1.83. The summed E-state index contributed by atoms with van der Waals surface area (Å²) in [5.74, 6) is -0.341. The Morgan fingerprint density at radius 3 is 2.53 bits per heavy atom. The maximum atomic E-state index is 12.8. The first-order chi connectivity index (χ1) is 8.08. The summed E-state index contributed by atoms with van der Waals surface area (Å²) in [5, 5.41) is 18.6. The lowest BCUT2D eigenvalue weighted by atomic mass is 9.97. The Morgan fingerprint density at radius 1 is 1.35 bits per heavy atom. The standard InChI is InChI=1S/C12H12FNO3/c13-9-3-1-8(2-4-9)10-5-6-14(12(16)17)7-11(10)15/h1-5,11,15H,6-7H2,(H,16,17). The van der Waals surface area contributed by atoms with Gasteiger partial charge in [0.1, 0.15) is 5.82 Å². The summed E-state index contributed by atoms with van der Waals surface area (Å²) in [6, 6.07) is 5.76. The zero-order valence-corrected chi connectivity index (χ0v) is 9.01. The lowest BCUT2D eigenvalue weighted by Gasteiger charge is -2.28. The van der Waals surface area contributed by atoms with Crippen molar-refractivity contribution < 1.29 is 19.4 Å². The van der Waals surface area contributed by atoms with Gasteiger partial charge in [-0.1, -0.05) is 18.2 Å². The van der Waals surface area contributed by atoms with Crippen molar-refractivity contribution >= 4 is 11.7 Å². The van der Waals surface area contributed by atoms with Gasteiger partial charge < -0.3 is 15.1 Å². The van der Waals surface area contributed by atoms with Crippen LogP contribution >= 0.6 is 0 Å². The normalized spacial score (nSPS) is 20.0. The van der Waals surface area contributed by atoms with Gasteiger partial charge in [0, 0.05) is 6.54 Å². The minimum Gasteiger partial charge on any atom is -0.465 e. The number of carboxylic acid groups (broad SMARTS) is 1. The highest BCUT2D eigenvalue weighted by molar-refractivity contribution is 5.73. The van der Waals surface area contributed by atoms with E-state index < -0.39 is 12.2 Å². The largest absolute Gasteiger partial charge is 0.465 e. The highest BCUT2D eigenvalue weighted by Crippen LogP contribution is 2.23. The summed E-state index contributed by atoms with van der Waals surface area (Å²) in [6.07, 6.45) is -0.279. The van der Waals surface area contributed by atoms with Crippen LogP contribution in [-0.2, 0) is 0 Å². The SMILES string of the molecule is O=C(O)N1CC=C(c2ccc(F)cc2)C(O)C1. The first-order valence-corrected chi connectivity index (χ1v) is 5.20. The lowest BCUT2D eigenvalue weighted by Crippen LogP contribution is -2.40. The molecule has 0 spiro atoms. The number of hydrogen-bond donors (Lipinski definition) is 2. The molecule has 1 aromatic carbocycles. The van der Waals surface area contributed by atoms with Gasteiger partial charge in [-0.2, -0.15) is 0 Å². The van der Waals surface area contributed by atoms with Gasteiger partial charge in [0.2, 0.25) is 0 Å². The molecule has 1 atom stereocenters.